The largest absolute Gasteiger partial charge is 1.00 e. The molecule has 0 saturated carbocycles. The molecule has 2 aliphatic heterocycles. The van der Waals surface area contributed by atoms with E-state index in [0.717, 1.165) is 52.8 Å². The van der Waals surface area contributed by atoms with E-state index in [2.05, 4.69) is 14.1 Å². The third-order valence-corrected chi connectivity index (χ3v) is 14.3. The smallest absolute Gasteiger partial charge is 0.376 e. The molecule has 410 valence electrons. The van der Waals surface area contributed by atoms with Crippen LogP contribution >= 0.6 is 0 Å². The molecule has 0 N–H and O–H groups in total. The van der Waals surface area contributed by atoms with Crippen LogP contribution in [0, 0.1) is 0 Å². The number of hydrogen-bond acceptors (Lipinski definition) is 14. The van der Waals surface area contributed by atoms with E-state index in [-0.39, 0.29) is 50.1 Å². The normalized spacial score (nSPS) is 18.7. The molecule has 0 unspecified atom stereocenters. The van der Waals surface area contributed by atoms with Crippen LogP contribution in [0.25, 0.3) is 0 Å². The van der Waals surface area contributed by atoms with Gasteiger partial charge in [-0.3, -0.25) is 4.79 Å². The second kappa shape index (κ2) is 26.6. The number of fused-ring (bicyclic) bond motifs is 2. The number of carbonyl (C=O) groups excluding carboxylic acids is 2. The molecule has 0 fully saturated rings. The Kier molecular flexibility index (Phi) is 21.8. The van der Waals surface area contributed by atoms with Crippen LogP contribution in [-0.4, -0.2) is 151 Å². The molecule has 4 atom stereocenters. The minimum Gasteiger partial charge on any atom is -1.00 e. The summed E-state index contributed by atoms with van der Waals surface area (Å²) in [5.74, 6) is -0.997. The Morgan fingerprint density at radius 2 is 0.959 bits per heavy atom. The number of hydrogen-bond donors (Lipinski definition) is 0. The van der Waals surface area contributed by atoms with E-state index in [1.807, 2.05) is 48.5 Å². The highest BCUT2D eigenvalue weighted by Gasteiger charge is 2.44. The van der Waals surface area contributed by atoms with Gasteiger partial charge in [0.05, 0.1) is 131 Å². The fraction of sp³-hybridized carbons (Fsp3) is 0.519. The Morgan fingerprint density at radius 3 is 1.45 bits per heavy atom. The van der Waals surface area contributed by atoms with Gasteiger partial charge >= 0.3 is 17.9 Å². The third-order valence-electron chi connectivity index (χ3n) is 14.3. The molecule has 74 heavy (non-hydrogen) atoms. The number of quaternary nitrogens is 2. The first-order chi connectivity index (χ1) is 34.5. The summed E-state index contributed by atoms with van der Waals surface area (Å²) in [4.78, 5) is 25.8. The first kappa shape index (κ1) is 60.7. The van der Waals surface area contributed by atoms with E-state index in [1.165, 1.54) is 0 Å². The Hall–Kier alpha value is -5.82. The molecule has 0 amide bonds. The van der Waals surface area contributed by atoms with E-state index in [9.17, 15) is 9.59 Å². The summed E-state index contributed by atoms with van der Waals surface area (Å²) in [5.41, 5.74) is 6.11. The van der Waals surface area contributed by atoms with E-state index < -0.39 is 30.7 Å². The van der Waals surface area contributed by atoms with Crippen molar-refractivity contribution in [1.29, 1.82) is 0 Å². The van der Waals surface area contributed by atoms with Crippen molar-refractivity contribution in [1.82, 2.24) is 0 Å². The van der Waals surface area contributed by atoms with Crippen LogP contribution in [0.2, 0.25) is 0 Å². The molecule has 0 aromatic heterocycles. The van der Waals surface area contributed by atoms with Crippen LogP contribution in [0.5, 0.6) is 57.5 Å². The molecule has 6 rings (SSSR count). The summed E-state index contributed by atoms with van der Waals surface area (Å²) in [7, 11) is 20.0. The van der Waals surface area contributed by atoms with Gasteiger partial charge in [-0.1, -0.05) is 0 Å². The molecule has 0 saturated heterocycles. The molecular weight excluding hydrogens is 1010 g/mol. The van der Waals surface area contributed by atoms with Gasteiger partial charge in [0.15, 0.2) is 46.0 Å². The van der Waals surface area contributed by atoms with Crippen LogP contribution < -0.4 is 72.2 Å². The SMILES string of the molecule is COc1cc2c(cc1OC)[C@H](c1cc(OC)c(OC)c(OC)c1)[N@@+](C)(CCCOC(=O)CCC(F)(F)C(=O)OCCC[N@+]1(C)CCc3cc(OC)c(OC)cc3[C@H]1Cc1cc(OC)c(OC)c(OC)c1)CC2.[Cl-].[Cl-]. The topological polar surface area (TPSA) is 145 Å². The number of benzene rings is 4. The van der Waals surface area contributed by atoms with Gasteiger partial charge in [-0.2, -0.15) is 8.78 Å². The van der Waals surface area contributed by atoms with Crippen LogP contribution in [0.3, 0.4) is 0 Å². The minimum absolute atomic E-state index is 0. The van der Waals surface area contributed by atoms with Gasteiger partial charge < -0.3 is 90.6 Å². The van der Waals surface area contributed by atoms with Crippen LogP contribution in [0.4, 0.5) is 8.78 Å². The Bertz CT molecular complexity index is 2500. The number of nitrogens with zero attached hydrogens (tertiary/aromatic N) is 2. The summed E-state index contributed by atoms with van der Waals surface area (Å²) in [5, 5.41) is 0. The highest BCUT2D eigenvalue weighted by molar-refractivity contribution is 5.79. The van der Waals surface area contributed by atoms with Gasteiger partial charge in [0.1, 0.15) is 12.1 Å². The van der Waals surface area contributed by atoms with Crippen LogP contribution in [0.15, 0.2) is 48.5 Å². The molecule has 0 radical (unpaired) electrons. The number of halogens is 4. The highest BCUT2D eigenvalue weighted by atomic mass is 35.5. The maximum Gasteiger partial charge on any atom is 0.376 e. The Balaban J connectivity index is 0.00000593. The van der Waals surface area contributed by atoms with Gasteiger partial charge in [-0.15, -0.1) is 0 Å². The second-order valence-electron chi connectivity index (χ2n) is 18.5. The van der Waals surface area contributed by atoms with Crippen molar-refractivity contribution >= 4 is 11.9 Å². The second-order valence-corrected chi connectivity index (χ2v) is 18.5. The molecular formula is C54H72Cl2F2N2O14. The molecule has 4 aromatic carbocycles. The van der Waals surface area contributed by atoms with E-state index in [1.54, 1.807) is 71.1 Å². The lowest BCUT2D eigenvalue weighted by Crippen LogP contribution is -3.00. The molecule has 0 spiro atoms. The summed E-state index contributed by atoms with van der Waals surface area (Å²) >= 11 is 0. The van der Waals surface area contributed by atoms with E-state index >= 15 is 8.78 Å². The molecule has 20 heteroatoms. The molecule has 4 aromatic rings. The summed E-state index contributed by atoms with van der Waals surface area (Å²) in [6.07, 6.45) is 1.03. The number of methoxy groups -OCH3 is 10. The van der Waals surface area contributed by atoms with Crippen molar-refractivity contribution in [2.75, 3.05) is 125 Å². The van der Waals surface area contributed by atoms with Gasteiger partial charge in [-0.25, -0.2) is 4.79 Å². The lowest BCUT2D eigenvalue weighted by atomic mass is 9.85. The molecule has 2 heterocycles. The van der Waals surface area contributed by atoms with Crippen molar-refractivity contribution in [2.45, 2.75) is 63.0 Å². The number of ether oxygens (including phenoxy) is 12. The first-order valence-corrected chi connectivity index (χ1v) is 24.0. The Labute approximate surface area is 446 Å². The predicted octanol–water partition coefficient (Wildman–Crippen LogP) is 2.14. The number of carbonyl (C=O) groups is 2. The molecule has 0 aliphatic carbocycles. The zero-order chi connectivity index (χ0) is 52.4. The minimum atomic E-state index is -3.90. The summed E-state index contributed by atoms with van der Waals surface area (Å²) < 4.78 is 98.9. The van der Waals surface area contributed by atoms with E-state index in [4.69, 9.17) is 56.8 Å². The fourth-order valence-corrected chi connectivity index (χ4v) is 10.4. The number of alkyl halides is 2. The Morgan fingerprint density at radius 1 is 0.541 bits per heavy atom. The maximum absolute atomic E-state index is 15.3. The van der Waals surface area contributed by atoms with Crippen molar-refractivity contribution < 1.29 is 109 Å². The lowest BCUT2D eigenvalue weighted by Gasteiger charge is -2.46. The van der Waals surface area contributed by atoms with Crippen molar-refractivity contribution in [3.63, 3.8) is 0 Å². The van der Waals surface area contributed by atoms with Gasteiger partial charge in [0.2, 0.25) is 11.5 Å². The monoisotopic (exact) mass is 1080 g/mol. The van der Waals surface area contributed by atoms with Gasteiger partial charge in [-0.05, 0) is 65.2 Å². The predicted molar refractivity (Wildman–Crippen MR) is 264 cm³/mol. The zero-order valence-electron chi connectivity index (χ0n) is 44.6. The first-order valence-electron chi connectivity index (χ1n) is 24.0. The van der Waals surface area contributed by atoms with Crippen molar-refractivity contribution in [2.24, 2.45) is 0 Å². The number of esters is 2. The van der Waals surface area contributed by atoms with Crippen molar-refractivity contribution in [3.05, 3.63) is 81.9 Å². The summed E-state index contributed by atoms with van der Waals surface area (Å²) in [6, 6.07) is 15.3. The molecule has 2 aliphatic rings. The standard InChI is InChI=1S/C54H72F2N2O14.2ClH/c1-57(21-16-35-28-41(61-3)43(63-5)32-38(35)40(57)25-34-26-45(65-7)51(69-11)46(27-34)66-8)19-13-24-72-53(60)54(55,56)18-15-49(59)71-23-14-20-58(2)22-17-36-29-42(62-4)44(64-6)33-39(36)50(58)37-30-47(67-9)52(70-12)48(31-37)68-10;;/h26-33,40,50H,13-25H2,1-12H3;2*1H/q+2;;/p-2/t40-,50+,57-,58+;;/m1../s1. The van der Waals surface area contributed by atoms with Gasteiger partial charge in [0.25, 0.3) is 0 Å². The molecule has 16 nitrogen and oxygen atoms in total. The van der Waals surface area contributed by atoms with Gasteiger partial charge in [0, 0.05) is 55.2 Å². The summed E-state index contributed by atoms with van der Waals surface area (Å²) in [6.45, 7) is 2.26. The van der Waals surface area contributed by atoms with Crippen molar-refractivity contribution in [3.8, 4) is 57.5 Å². The number of likely N-dealkylation sites (N-methyl/N-ethyl adjacent to an activating group) is 2. The molecule has 0 bridgehead atoms. The average Bonchev–Trinajstić information content (AvgIpc) is 3.39. The van der Waals surface area contributed by atoms with E-state index in [0.29, 0.717) is 105 Å². The van der Waals surface area contributed by atoms with Crippen LogP contribution in [0.1, 0.15) is 71.1 Å². The highest BCUT2D eigenvalue weighted by Crippen LogP contribution is 2.49. The number of rotatable bonds is 25. The average molecular weight is 1080 g/mol. The quantitative estimate of drug-likeness (QED) is 0.0544. The third kappa shape index (κ3) is 13.2. The fourth-order valence-electron chi connectivity index (χ4n) is 10.4. The zero-order valence-corrected chi connectivity index (χ0v) is 46.1. The van der Waals surface area contributed by atoms with Crippen LogP contribution in [-0.2, 0) is 38.3 Å². The lowest BCUT2D eigenvalue weighted by molar-refractivity contribution is -0.941. The maximum atomic E-state index is 15.3.